The third-order valence-corrected chi connectivity index (χ3v) is 6.54. The second-order valence-corrected chi connectivity index (χ2v) is 9.97. The lowest BCUT2D eigenvalue weighted by Crippen LogP contribution is -2.52. The summed E-state index contributed by atoms with van der Waals surface area (Å²) in [6, 6.07) is 21.5. The van der Waals surface area contributed by atoms with Gasteiger partial charge in [0.1, 0.15) is 11.8 Å². The lowest BCUT2D eigenvalue weighted by atomic mass is 10.0. The average Bonchev–Trinajstić information content (AvgIpc) is 2.86. The summed E-state index contributed by atoms with van der Waals surface area (Å²) in [5, 5.41) is 4.16. The van der Waals surface area contributed by atoms with Gasteiger partial charge in [-0.2, -0.15) is 0 Å². The molecule has 0 aliphatic carbocycles. The number of halogens is 2. The molecule has 1 N–H and O–H groups in total. The van der Waals surface area contributed by atoms with Crippen molar-refractivity contribution in [3.63, 3.8) is 0 Å². The van der Waals surface area contributed by atoms with Gasteiger partial charge in [0.15, 0.2) is 6.61 Å². The average molecular weight is 527 g/mol. The van der Waals surface area contributed by atoms with Crippen molar-refractivity contribution in [1.29, 1.82) is 0 Å². The van der Waals surface area contributed by atoms with Crippen molar-refractivity contribution < 1.29 is 14.3 Å². The summed E-state index contributed by atoms with van der Waals surface area (Å²) in [5.74, 6) is 0.278. The fourth-order valence-corrected chi connectivity index (χ4v) is 4.03. The molecule has 0 bridgehead atoms. The number of aryl methyl sites for hydroxylation is 1. The van der Waals surface area contributed by atoms with Crippen LogP contribution in [0.3, 0.4) is 0 Å². The van der Waals surface area contributed by atoms with Crippen LogP contribution in [0.5, 0.6) is 5.75 Å². The molecule has 3 aromatic carbocycles. The highest BCUT2D eigenvalue weighted by Crippen LogP contribution is 2.23. The van der Waals surface area contributed by atoms with E-state index in [0.29, 0.717) is 28.8 Å². The molecule has 1 atom stereocenters. The quantitative estimate of drug-likeness (QED) is 0.328. The monoisotopic (exact) mass is 526 g/mol. The zero-order valence-electron chi connectivity index (χ0n) is 20.8. The molecule has 7 heteroatoms. The molecule has 0 heterocycles. The minimum Gasteiger partial charge on any atom is -0.484 e. The maximum absolute atomic E-state index is 13.6. The maximum atomic E-state index is 13.6. The maximum Gasteiger partial charge on any atom is 0.261 e. The molecule has 0 radical (unpaired) electrons. The van der Waals surface area contributed by atoms with E-state index in [-0.39, 0.29) is 30.9 Å². The first-order valence-corrected chi connectivity index (χ1v) is 12.7. The summed E-state index contributed by atoms with van der Waals surface area (Å²) in [6.07, 6.45) is 0.362. The zero-order chi connectivity index (χ0) is 26.1. The lowest BCUT2D eigenvalue weighted by molar-refractivity contribution is -0.142. The summed E-state index contributed by atoms with van der Waals surface area (Å²) in [5.41, 5.74) is 2.56. The van der Waals surface area contributed by atoms with Crippen LogP contribution < -0.4 is 10.1 Å². The third-order valence-electron chi connectivity index (χ3n) is 5.75. The van der Waals surface area contributed by atoms with Crippen LogP contribution in [0.4, 0.5) is 0 Å². The number of nitrogens with zero attached hydrogens (tertiary/aromatic N) is 1. The van der Waals surface area contributed by atoms with Gasteiger partial charge in [-0.05, 0) is 53.8 Å². The fourth-order valence-electron chi connectivity index (χ4n) is 3.72. The predicted octanol–water partition coefficient (Wildman–Crippen LogP) is 6.09. The van der Waals surface area contributed by atoms with Crippen LogP contribution in [0, 0.1) is 12.8 Å². The summed E-state index contributed by atoms with van der Waals surface area (Å²) in [7, 11) is 0. The second-order valence-electron chi connectivity index (χ2n) is 9.16. The SMILES string of the molecule is Cc1cc(OCC(=O)N(Cc2ccccc2Cl)C(Cc2ccccc2)C(=O)NCC(C)C)ccc1Cl. The Morgan fingerprint density at radius 2 is 1.64 bits per heavy atom. The number of hydrogen-bond acceptors (Lipinski definition) is 3. The van der Waals surface area contributed by atoms with E-state index in [4.69, 9.17) is 27.9 Å². The van der Waals surface area contributed by atoms with Crippen LogP contribution in [0.15, 0.2) is 72.8 Å². The topological polar surface area (TPSA) is 58.6 Å². The van der Waals surface area contributed by atoms with E-state index in [1.54, 1.807) is 29.2 Å². The Hall–Kier alpha value is -3.02. The Bertz CT molecular complexity index is 1170. The van der Waals surface area contributed by atoms with Gasteiger partial charge < -0.3 is 15.0 Å². The number of carbonyl (C=O) groups is 2. The first kappa shape index (κ1) is 27.6. The smallest absolute Gasteiger partial charge is 0.261 e. The minimum absolute atomic E-state index is 0.175. The van der Waals surface area contributed by atoms with Crippen molar-refractivity contribution in [2.75, 3.05) is 13.2 Å². The molecule has 3 rings (SSSR count). The largest absolute Gasteiger partial charge is 0.484 e. The minimum atomic E-state index is -0.745. The summed E-state index contributed by atoms with van der Waals surface area (Å²) in [4.78, 5) is 28.6. The van der Waals surface area contributed by atoms with E-state index in [2.05, 4.69) is 5.32 Å². The van der Waals surface area contributed by atoms with E-state index in [1.807, 2.05) is 69.3 Å². The molecule has 0 spiro atoms. The molecule has 2 amide bonds. The normalized spacial score (nSPS) is 11.7. The molecule has 36 heavy (non-hydrogen) atoms. The highest BCUT2D eigenvalue weighted by atomic mass is 35.5. The van der Waals surface area contributed by atoms with E-state index < -0.39 is 6.04 Å². The van der Waals surface area contributed by atoms with Gasteiger partial charge in [-0.3, -0.25) is 9.59 Å². The molecular formula is C29H32Cl2N2O3. The summed E-state index contributed by atoms with van der Waals surface area (Å²) >= 11 is 12.6. The van der Waals surface area contributed by atoms with Crippen molar-refractivity contribution in [3.8, 4) is 5.75 Å². The first-order chi connectivity index (χ1) is 17.2. The van der Waals surface area contributed by atoms with Gasteiger partial charge in [0.05, 0.1) is 0 Å². The van der Waals surface area contributed by atoms with Crippen LogP contribution in [0.1, 0.15) is 30.5 Å². The van der Waals surface area contributed by atoms with Crippen LogP contribution >= 0.6 is 23.2 Å². The van der Waals surface area contributed by atoms with E-state index in [9.17, 15) is 9.59 Å². The molecule has 0 aliphatic rings. The number of benzene rings is 3. The Kier molecular flexibility index (Phi) is 10.2. The highest BCUT2D eigenvalue weighted by molar-refractivity contribution is 6.31. The van der Waals surface area contributed by atoms with Crippen LogP contribution in [-0.2, 0) is 22.6 Å². The molecule has 0 saturated heterocycles. The molecule has 190 valence electrons. The van der Waals surface area contributed by atoms with Crippen LogP contribution in [0.2, 0.25) is 10.0 Å². The number of nitrogens with one attached hydrogen (secondary N) is 1. The van der Waals surface area contributed by atoms with Crippen LogP contribution in [0.25, 0.3) is 0 Å². The van der Waals surface area contributed by atoms with Gasteiger partial charge in [0.25, 0.3) is 5.91 Å². The molecule has 5 nitrogen and oxygen atoms in total. The zero-order valence-corrected chi connectivity index (χ0v) is 22.4. The van der Waals surface area contributed by atoms with Crippen LogP contribution in [-0.4, -0.2) is 35.9 Å². The van der Waals surface area contributed by atoms with Crippen molar-refractivity contribution in [3.05, 3.63) is 99.5 Å². The van der Waals surface area contributed by atoms with Gasteiger partial charge in [0.2, 0.25) is 5.91 Å². The van der Waals surface area contributed by atoms with Gasteiger partial charge in [0, 0.05) is 29.6 Å². The van der Waals surface area contributed by atoms with Crippen molar-refractivity contribution in [1.82, 2.24) is 10.2 Å². The molecular weight excluding hydrogens is 495 g/mol. The van der Waals surface area contributed by atoms with Crippen molar-refractivity contribution >= 4 is 35.0 Å². The summed E-state index contributed by atoms with van der Waals surface area (Å²) < 4.78 is 5.82. The third kappa shape index (κ3) is 8.00. The molecule has 0 saturated carbocycles. The predicted molar refractivity (Wildman–Crippen MR) is 145 cm³/mol. The van der Waals surface area contributed by atoms with Gasteiger partial charge >= 0.3 is 0 Å². The molecule has 1 unspecified atom stereocenters. The fraction of sp³-hybridized carbons (Fsp3) is 0.310. The Labute approximate surface area is 223 Å². The van der Waals surface area contributed by atoms with E-state index in [1.165, 1.54) is 0 Å². The van der Waals surface area contributed by atoms with E-state index >= 15 is 0 Å². The summed E-state index contributed by atoms with van der Waals surface area (Å²) in [6.45, 7) is 6.39. The lowest BCUT2D eigenvalue weighted by Gasteiger charge is -2.32. The number of hydrogen-bond donors (Lipinski definition) is 1. The Morgan fingerprint density at radius 1 is 0.944 bits per heavy atom. The van der Waals surface area contributed by atoms with Crippen molar-refractivity contribution in [2.45, 2.75) is 39.8 Å². The Morgan fingerprint density at radius 3 is 2.31 bits per heavy atom. The Balaban J connectivity index is 1.91. The second kappa shape index (κ2) is 13.3. The number of rotatable bonds is 11. The molecule has 3 aromatic rings. The molecule has 0 aromatic heterocycles. The van der Waals surface area contributed by atoms with Gasteiger partial charge in [-0.1, -0.05) is 85.6 Å². The standard InChI is InChI=1S/C29H32Cl2N2O3/c1-20(2)17-32-29(35)27(16-22-9-5-4-6-10-22)33(18-23-11-7-8-12-26(23)31)28(34)19-36-24-13-14-25(30)21(3)15-24/h4-15,20,27H,16-19H2,1-3H3,(H,32,35). The number of amides is 2. The van der Waals surface area contributed by atoms with Gasteiger partial charge in [-0.25, -0.2) is 0 Å². The van der Waals surface area contributed by atoms with E-state index in [0.717, 1.165) is 16.7 Å². The molecule has 0 fully saturated rings. The van der Waals surface area contributed by atoms with Crippen molar-refractivity contribution in [2.24, 2.45) is 5.92 Å². The molecule has 0 aliphatic heterocycles. The van der Waals surface area contributed by atoms with Gasteiger partial charge in [-0.15, -0.1) is 0 Å². The highest BCUT2D eigenvalue weighted by Gasteiger charge is 2.31. The number of carbonyl (C=O) groups excluding carboxylic acids is 2. The number of ether oxygens (including phenoxy) is 1. The first-order valence-electron chi connectivity index (χ1n) is 12.0.